The van der Waals surface area contributed by atoms with Crippen molar-refractivity contribution in [2.75, 3.05) is 0 Å². The average Bonchev–Trinajstić information content (AvgIpc) is 2.89. The van der Waals surface area contributed by atoms with Crippen LogP contribution in [0.4, 0.5) is 0 Å². The number of aryl methyl sites for hydroxylation is 1. The summed E-state index contributed by atoms with van der Waals surface area (Å²) < 4.78 is 2.01. The molecule has 2 aromatic heterocycles. The van der Waals surface area contributed by atoms with Gasteiger partial charge in [-0.15, -0.1) is 10.2 Å². The third kappa shape index (κ3) is 3.13. The highest BCUT2D eigenvalue weighted by Gasteiger charge is 2.11. The summed E-state index contributed by atoms with van der Waals surface area (Å²) in [7, 11) is 1.99. The van der Waals surface area contributed by atoms with Gasteiger partial charge < -0.3 is 4.57 Å². The van der Waals surface area contributed by atoms with Gasteiger partial charge in [-0.1, -0.05) is 41.6 Å². The van der Waals surface area contributed by atoms with Crippen molar-refractivity contribution in [2.45, 2.75) is 17.8 Å². The van der Waals surface area contributed by atoms with E-state index in [1.165, 1.54) is 11.1 Å². The Balaban J connectivity index is 1.75. The normalized spacial score (nSPS) is 10.8. The van der Waals surface area contributed by atoms with Crippen molar-refractivity contribution in [1.82, 2.24) is 19.7 Å². The van der Waals surface area contributed by atoms with Crippen molar-refractivity contribution in [3.63, 3.8) is 0 Å². The van der Waals surface area contributed by atoms with Crippen LogP contribution in [-0.2, 0) is 12.8 Å². The Bertz CT molecular complexity index is 720. The molecule has 0 fully saturated rings. The topological polar surface area (TPSA) is 43.6 Å². The number of hydrogen-bond donors (Lipinski definition) is 0. The summed E-state index contributed by atoms with van der Waals surface area (Å²) in [6.07, 6.45) is 3.56. The molecule has 4 nitrogen and oxygen atoms in total. The van der Waals surface area contributed by atoms with Crippen LogP contribution in [0.1, 0.15) is 11.1 Å². The first-order valence-electron chi connectivity index (χ1n) is 6.72. The molecular weight excluding hydrogens is 280 g/mol. The fourth-order valence-corrected chi connectivity index (χ4v) is 2.89. The van der Waals surface area contributed by atoms with Crippen molar-refractivity contribution < 1.29 is 0 Å². The van der Waals surface area contributed by atoms with Crippen LogP contribution in [0.15, 0.2) is 53.9 Å². The molecule has 3 rings (SSSR count). The molecule has 0 spiro atoms. The fourth-order valence-electron chi connectivity index (χ4n) is 2.02. The Morgan fingerprint density at radius 3 is 2.62 bits per heavy atom. The maximum absolute atomic E-state index is 4.27. The van der Waals surface area contributed by atoms with Gasteiger partial charge in [0.05, 0.1) is 0 Å². The van der Waals surface area contributed by atoms with Crippen LogP contribution < -0.4 is 0 Å². The maximum Gasteiger partial charge on any atom is 0.191 e. The molecule has 0 N–H and O–H groups in total. The van der Waals surface area contributed by atoms with Gasteiger partial charge in [-0.3, -0.25) is 4.98 Å². The third-order valence-electron chi connectivity index (χ3n) is 3.24. The summed E-state index contributed by atoms with van der Waals surface area (Å²) in [6.45, 7) is 2.10. The van der Waals surface area contributed by atoms with E-state index < -0.39 is 0 Å². The van der Waals surface area contributed by atoms with Gasteiger partial charge in [-0.25, -0.2) is 0 Å². The first-order valence-corrected chi connectivity index (χ1v) is 7.71. The van der Waals surface area contributed by atoms with E-state index in [1.54, 1.807) is 24.2 Å². The largest absolute Gasteiger partial charge is 0.305 e. The zero-order valence-corrected chi connectivity index (χ0v) is 12.8. The summed E-state index contributed by atoms with van der Waals surface area (Å²) >= 11 is 1.69. The minimum absolute atomic E-state index is 0.842. The molecule has 0 amide bonds. The van der Waals surface area contributed by atoms with Crippen LogP contribution in [0.25, 0.3) is 11.4 Å². The number of pyridine rings is 1. The molecule has 0 unspecified atom stereocenters. The second-order valence-electron chi connectivity index (χ2n) is 4.88. The summed E-state index contributed by atoms with van der Waals surface area (Å²) in [6, 6.07) is 12.5. The highest BCUT2D eigenvalue weighted by molar-refractivity contribution is 7.98. The Morgan fingerprint density at radius 1 is 1.10 bits per heavy atom. The van der Waals surface area contributed by atoms with Gasteiger partial charge in [0.1, 0.15) is 0 Å². The van der Waals surface area contributed by atoms with E-state index in [0.717, 1.165) is 22.3 Å². The number of thioether (sulfide) groups is 1. The smallest absolute Gasteiger partial charge is 0.191 e. The monoisotopic (exact) mass is 296 g/mol. The molecule has 0 aliphatic rings. The zero-order chi connectivity index (χ0) is 14.7. The molecule has 0 saturated carbocycles. The van der Waals surface area contributed by atoms with Crippen molar-refractivity contribution in [3.05, 3.63) is 59.9 Å². The quantitative estimate of drug-likeness (QED) is 0.691. The van der Waals surface area contributed by atoms with Crippen molar-refractivity contribution in [2.24, 2.45) is 7.05 Å². The Labute approximate surface area is 128 Å². The number of rotatable bonds is 4. The summed E-state index contributed by atoms with van der Waals surface area (Å²) in [5.74, 6) is 1.73. The molecule has 2 heterocycles. The molecule has 0 aliphatic carbocycles. The lowest BCUT2D eigenvalue weighted by Gasteiger charge is -2.04. The molecule has 3 aromatic rings. The minimum atomic E-state index is 0.842. The minimum Gasteiger partial charge on any atom is -0.305 e. The summed E-state index contributed by atoms with van der Waals surface area (Å²) in [4.78, 5) is 4.13. The molecular formula is C16H16N4S. The molecule has 0 saturated heterocycles. The van der Waals surface area contributed by atoms with Gasteiger partial charge in [0, 0.05) is 30.8 Å². The number of benzene rings is 1. The Hall–Kier alpha value is -2.14. The molecule has 0 radical (unpaired) electrons. The van der Waals surface area contributed by atoms with Gasteiger partial charge in [0.15, 0.2) is 11.0 Å². The second kappa shape index (κ2) is 6.10. The summed E-state index contributed by atoms with van der Waals surface area (Å²) in [5.41, 5.74) is 3.55. The van der Waals surface area contributed by atoms with E-state index in [2.05, 4.69) is 46.4 Å². The second-order valence-corrected chi connectivity index (χ2v) is 5.82. The predicted octanol–water partition coefficient (Wildman–Crippen LogP) is 3.48. The maximum atomic E-state index is 4.27. The SMILES string of the molecule is Cc1ccc(CSc2nnc(-c3cccnc3)n2C)cc1. The highest BCUT2D eigenvalue weighted by Crippen LogP contribution is 2.24. The molecule has 5 heteroatoms. The van der Waals surface area contributed by atoms with E-state index in [4.69, 9.17) is 0 Å². The van der Waals surface area contributed by atoms with E-state index in [0.29, 0.717) is 0 Å². The lowest BCUT2D eigenvalue weighted by molar-refractivity contribution is 0.793. The van der Waals surface area contributed by atoms with E-state index in [9.17, 15) is 0 Å². The van der Waals surface area contributed by atoms with Gasteiger partial charge in [0.25, 0.3) is 0 Å². The first kappa shape index (κ1) is 13.8. The lowest BCUT2D eigenvalue weighted by Crippen LogP contribution is -1.95. The highest BCUT2D eigenvalue weighted by atomic mass is 32.2. The van der Waals surface area contributed by atoms with Gasteiger partial charge in [0.2, 0.25) is 0 Å². The van der Waals surface area contributed by atoms with Crippen molar-refractivity contribution in [1.29, 1.82) is 0 Å². The molecule has 0 bridgehead atoms. The first-order chi connectivity index (χ1) is 10.2. The van der Waals surface area contributed by atoms with E-state index in [1.807, 2.05) is 23.7 Å². The standard InChI is InChI=1S/C16H16N4S/c1-12-5-7-13(8-6-12)11-21-16-19-18-15(20(16)2)14-4-3-9-17-10-14/h3-10H,11H2,1-2H3. The lowest BCUT2D eigenvalue weighted by atomic mass is 10.2. The third-order valence-corrected chi connectivity index (χ3v) is 4.33. The zero-order valence-electron chi connectivity index (χ0n) is 12.0. The van der Waals surface area contributed by atoms with Crippen molar-refractivity contribution in [3.8, 4) is 11.4 Å². The Kier molecular flexibility index (Phi) is 4.01. The van der Waals surface area contributed by atoms with Gasteiger partial charge in [-0.2, -0.15) is 0 Å². The van der Waals surface area contributed by atoms with Crippen molar-refractivity contribution >= 4 is 11.8 Å². The molecule has 0 aliphatic heterocycles. The van der Waals surface area contributed by atoms with Crippen LogP contribution in [0.2, 0.25) is 0 Å². The van der Waals surface area contributed by atoms with E-state index >= 15 is 0 Å². The fraction of sp³-hybridized carbons (Fsp3) is 0.188. The van der Waals surface area contributed by atoms with Crippen LogP contribution in [0.3, 0.4) is 0 Å². The van der Waals surface area contributed by atoms with Crippen LogP contribution in [0.5, 0.6) is 0 Å². The number of hydrogen-bond acceptors (Lipinski definition) is 4. The molecule has 106 valence electrons. The molecule has 21 heavy (non-hydrogen) atoms. The van der Waals surface area contributed by atoms with Gasteiger partial charge >= 0.3 is 0 Å². The van der Waals surface area contributed by atoms with Crippen LogP contribution in [-0.4, -0.2) is 19.7 Å². The van der Waals surface area contributed by atoms with Crippen LogP contribution in [0, 0.1) is 6.92 Å². The van der Waals surface area contributed by atoms with Gasteiger partial charge in [-0.05, 0) is 24.6 Å². The molecule has 1 aromatic carbocycles. The number of aromatic nitrogens is 4. The van der Waals surface area contributed by atoms with Crippen LogP contribution >= 0.6 is 11.8 Å². The van der Waals surface area contributed by atoms with E-state index in [-0.39, 0.29) is 0 Å². The average molecular weight is 296 g/mol. The molecule has 0 atom stereocenters. The predicted molar refractivity (Wildman–Crippen MR) is 85.0 cm³/mol. The number of nitrogens with zero attached hydrogens (tertiary/aromatic N) is 4. The summed E-state index contributed by atoms with van der Waals surface area (Å²) in [5, 5.41) is 9.45. The Morgan fingerprint density at radius 2 is 1.90 bits per heavy atom.